The van der Waals surface area contributed by atoms with Gasteiger partial charge in [-0.05, 0) is 85.7 Å². The zero-order valence-corrected chi connectivity index (χ0v) is 52.9. The number of piperazine rings is 2. The fourth-order valence-corrected chi connectivity index (χ4v) is 13.1. The molecule has 482 valence electrons. The lowest BCUT2D eigenvalue weighted by Gasteiger charge is -2.35. The van der Waals surface area contributed by atoms with E-state index < -0.39 is 58.8 Å². The van der Waals surface area contributed by atoms with Gasteiger partial charge in [0.2, 0.25) is 29.2 Å². The van der Waals surface area contributed by atoms with Gasteiger partial charge in [0.15, 0.2) is 0 Å². The predicted octanol–water partition coefficient (Wildman–Crippen LogP) is 9.71. The third kappa shape index (κ3) is 17.6. The number of aliphatic hydroxyl groups excluding tert-OH is 1. The standard InChI is InChI=1S/C67H84F3N11O8S/c1-43(2)62(58-33-44(3)76-89-58)66(88)81-41-51(82)36-57(81)65(87)74-54(47-18-20-48(21-19-47)63-45(4)73-42-90-63)38-60(84)71-24-13-11-9-7-6-8-10-12-17-61(85)80-31-27-78(28-32-80)40-46-15-14-16-49(34-46)50-22-23-56(79-29-25-77(5)26-30-79)55(35-50)75-64(86)52-39-72-59(83)37-53(52)67(68,69)70/h14-16,18-23,33-35,37,39,42-43,51,54,57,62,82H,6-13,17,24-32,36,38,40-41H2,1-5H3,(H,71,84)(H,72,83)(H,74,87)(H,75,86)/t51-,54?,57+,62?/m1/s1. The maximum absolute atomic E-state index is 14.2. The molecule has 0 spiro atoms. The van der Waals surface area contributed by atoms with Crippen molar-refractivity contribution < 1.29 is 46.8 Å². The molecule has 19 nitrogen and oxygen atoms in total. The molecule has 90 heavy (non-hydrogen) atoms. The Hall–Kier alpha value is -7.73. The second kappa shape index (κ2) is 30.9. The summed E-state index contributed by atoms with van der Waals surface area (Å²) in [6.07, 6.45) is 3.28. The van der Waals surface area contributed by atoms with Gasteiger partial charge in [0.25, 0.3) is 5.91 Å². The summed E-state index contributed by atoms with van der Waals surface area (Å²) in [6.45, 7) is 14.3. The van der Waals surface area contributed by atoms with Gasteiger partial charge < -0.3 is 50.2 Å². The van der Waals surface area contributed by atoms with E-state index in [0.29, 0.717) is 74.6 Å². The minimum absolute atomic E-state index is 0.00408. The molecule has 4 atom stereocenters. The Morgan fingerprint density at radius 1 is 0.822 bits per heavy atom. The Balaban J connectivity index is 0.681. The molecule has 6 heterocycles. The highest BCUT2D eigenvalue weighted by atomic mass is 32.1. The fourth-order valence-electron chi connectivity index (χ4n) is 12.3. The van der Waals surface area contributed by atoms with E-state index in [0.717, 1.165) is 122 Å². The van der Waals surface area contributed by atoms with Gasteiger partial charge in [-0.25, -0.2) is 4.98 Å². The van der Waals surface area contributed by atoms with Crippen molar-refractivity contribution in [1.82, 2.24) is 45.4 Å². The zero-order chi connectivity index (χ0) is 64.1. The molecule has 3 aromatic carbocycles. The van der Waals surface area contributed by atoms with Crippen molar-refractivity contribution in [3.8, 4) is 21.6 Å². The Morgan fingerprint density at radius 3 is 2.18 bits per heavy atom. The number of hydrogen-bond donors (Lipinski definition) is 5. The lowest BCUT2D eigenvalue weighted by atomic mass is 9.91. The summed E-state index contributed by atoms with van der Waals surface area (Å²) in [5, 5.41) is 23.7. The molecule has 23 heteroatoms. The number of aromatic amines is 1. The highest BCUT2D eigenvalue weighted by molar-refractivity contribution is 7.13. The number of likely N-dealkylation sites (N-methyl/N-ethyl adjacent to an activating group) is 1. The largest absolute Gasteiger partial charge is 0.417 e. The van der Waals surface area contributed by atoms with Crippen molar-refractivity contribution in [3.05, 3.63) is 140 Å². The Morgan fingerprint density at radius 2 is 1.51 bits per heavy atom. The quantitative estimate of drug-likeness (QED) is 0.0319. The molecule has 0 saturated carbocycles. The van der Waals surface area contributed by atoms with Crippen LogP contribution in [0.25, 0.3) is 21.6 Å². The fraction of sp³-hybridized carbons (Fsp3) is 0.493. The molecule has 3 saturated heterocycles. The highest BCUT2D eigenvalue weighted by Gasteiger charge is 2.44. The maximum Gasteiger partial charge on any atom is 0.417 e. The van der Waals surface area contributed by atoms with Crippen molar-refractivity contribution in [2.45, 2.75) is 135 Å². The van der Waals surface area contributed by atoms with Gasteiger partial charge in [0, 0.05) is 103 Å². The third-order valence-corrected chi connectivity index (χ3v) is 18.3. The van der Waals surface area contributed by atoms with Crippen LogP contribution in [-0.2, 0) is 31.9 Å². The first-order valence-electron chi connectivity index (χ1n) is 31.5. The molecule has 3 aliphatic heterocycles. The topological polar surface area (TPSA) is 230 Å². The number of aryl methyl sites for hydroxylation is 2. The van der Waals surface area contributed by atoms with Gasteiger partial charge in [0.05, 0.1) is 62.8 Å². The number of carbonyl (C=O) groups excluding carboxylic acids is 5. The van der Waals surface area contributed by atoms with Crippen molar-refractivity contribution in [2.75, 3.05) is 82.7 Å². The van der Waals surface area contributed by atoms with Crippen LogP contribution in [0, 0.1) is 19.8 Å². The lowest BCUT2D eigenvalue weighted by molar-refractivity contribution is -0.141. The Kier molecular flexibility index (Phi) is 22.9. The van der Waals surface area contributed by atoms with Crippen LogP contribution < -0.4 is 26.4 Å². The van der Waals surface area contributed by atoms with Crippen molar-refractivity contribution in [3.63, 3.8) is 0 Å². The van der Waals surface area contributed by atoms with Gasteiger partial charge in [0.1, 0.15) is 17.7 Å². The summed E-state index contributed by atoms with van der Waals surface area (Å²) in [5.41, 5.74) is 5.86. The summed E-state index contributed by atoms with van der Waals surface area (Å²) < 4.78 is 47.5. The molecule has 6 aromatic rings. The summed E-state index contributed by atoms with van der Waals surface area (Å²) in [6, 6.07) is 21.9. The van der Waals surface area contributed by atoms with E-state index in [1.165, 1.54) is 16.2 Å². The van der Waals surface area contributed by atoms with E-state index >= 15 is 0 Å². The van der Waals surface area contributed by atoms with Crippen molar-refractivity contribution in [2.24, 2.45) is 5.92 Å². The molecule has 0 aliphatic carbocycles. The number of benzene rings is 3. The van der Waals surface area contributed by atoms with Crippen LogP contribution in [0.15, 0.2) is 99.9 Å². The third-order valence-electron chi connectivity index (χ3n) is 17.4. The number of anilines is 2. The van der Waals surface area contributed by atoms with E-state index in [1.54, 1.807) is 24.6 Å². The number of rotatable bonds is 26. The van der Waals surface area contributed by atoms with E-state index in [2.05, 4.69) is 51.8 Å². The number of thiazole rings is 1. The molecule has 5 N–H and O–H groups in total. The van der Waals surface area contributed by atoms with Crippen molar-refractivity contribution in [1.29, 1.82) is 0 Å². The normalized spacial score (nSPS) is 17.4. The van der Waals surface area contributed by atoms with Gasteiger partial charge in [-0.2, -0.15) is 13.2 Å². The smallest absolute Gasteiger partial charge is 0.391 e. The van der Waals surface area contributed by atoms with Crippen LogP contribution in [-0.4, -0.2) is 154 Å². The molecule has 0 radical (unpaired) electrons. The number of nitrogens with one attached hydrogen (secondary N) is 4. The first kappa shape index (κ1) is 66.7. The summed E-state index contributed by atoms with van der Waals surface area (Å²) in [4.78, 5) is 98.2. The van der Waals surface area contributed by atoms with Gasteiger partial charge in [-0.15, -0.1) is 11.3 Å². The number of H-pyrrole nitrogens is 1. The van der Waals surface area contributed by atoms with Crippen LogP contribution in [0.5, 0.6) is 0 Å². The highest BCUT2D eigenvalue weighted by Crippen LogP contribution is 2.37. The lowest BCUT2D eigenvalue weighted by Crippen LogP contribution is -2.49. The summed E-state index contributed by atoms with van der Waals surface area (Å²) in [5.74, 6) is -2.26. The number of likely N-dealkylation sites (tertiary alicyclic amines) is 1. The average Bonchev–Trinajstić information content (AvgIpc) is 1.41. The second-order valence-electron chi connectivity index (χ2n) is 24.5. The molecule has 3 fully saturated rings. The molecule has 5 amide bonds. The number of unbranched alkanes of at least 4 members (excludes halogenated alkanes) is 7. The maximum atomic E-state index is 14.2. The van der Waals surface area contributed by atoms with Crippen molar-refractivity contribution >= 4 is 52.2 Å². The summed E-state index contributed by atoms with van der Waals surface area (Å²) in [7, 11) is 2.02. The van der Waals surface area contributed by atoms with Gasteiger partial charge in [-0.1, -0.05) is 106 Å². The first-order valence-corrected chi connectivity index (χ1v) is 32.3. The number of aromatic nitrogens is 3. The number of aliphatic hydroxyl groups is 1. The zero-order valence-electron chi connectivity index (χ0n) is 52.1. The number of halogens is 3. The van der Waals surface area contributed by atoms with E-state index in [4.69, 9.17) is 4.52 Å². The van der Waals surface area contributed by atoms with Gasteiger partial charge >= 0.3 is 6.18 Å². The number of hydrogen-bond acceptors (Lipinski definition) is 14. The molecule has 3 aromatic heterocycles. The number of pyridine rings is 1. The van der Waals surface area contributed by atoms with Crippen LogP contribution in [0.1, 0.15) is 141 Å². The predicted molar refractivity (Wildman–Crippen MR) is 341 cm³/mol. The number of nitrogens with zero attached hydrogens (tertiary/aromatic N) is 7. The van der Waals surface area contributed by atoms with E-state index in [-0.39, 0.29) is 43.0 Å². The summed E-state index contributed by atoms with van der Waals surface area (Å²) >= 11 is 1.54. The minimum Gasteiger partial charge on any atom is -0.391 e. The number of amides is 5. The molecule has 2 unspecified atom stereocenters. The van der Waals surface area contributed by atoms with Gasteiger partial charge in [-0.3, -0.25) is 33.7 Å². The number of alkyl halides is 3. The Bertz CT molecular complexity index is 3480. The Labute approximate surface area is 527 Å². The molecule has 0 bridgehead atoms. The second-order valence-corrected chi connectivity index (χ2v) is 25.4. The molecule has 3 aliphatic rings. The molecular formula is C67H84F3N11O8S. The molecular weight excluding hydrogens is 1180 g/mol. The number of β-amino-alcohol motifs (C(OH)–C–C–N with tert-alkyl or cyclic N) is 1. The van der Waals surface area contributed by atoms with E-state index in [1.807, 2.05) is 87.3 Å². The van der Waals surface area contributed by atoms with Crippen LogP contribution >= 0.6 is 11.3 Å². The van der Waals surface area contributed by atoms with Crippen LogP contribution in [0.2, 0.25) is 0 Å². The average molecular weight is 1260 g/mol. The first-order chi connectivity index (χ1) is 43.2. The monoisotopic (exact) mass is 1260 g/mol. The molecule has 9 rings (SSSR count). The number of carbonyl (C=O) groups is 5. The van der Waals surface area contributed by atoms with Crippen LogP contribution in [0.4, 0.5) is 24.5 Å². The SMILES string of the molecule is Cc1cc(C(C(=O)N2C[C@H](O)C[C@H]2C(=O)NC(CC(=O)NCCCCCCCCCCC(=O)N2CCN(Cc3cccc(-c4ccc(N5CCN(C)CC5)c(NC(=O)c5c[nH]c(=O)cc5C(F)(F)F)c4)c3)CC2)c2ccc(-c3scnc3C)cc2)C(C)C)on1. The van der Waals surface area contributed by atoms with E-state index in [9.17, 15) is 47.0 Å². The van der Waals surface area contributed by atoms with Crippen LogP contribution in [0.3, 0.4) is 0 Å². The minimum atomic E-state index is -4.91.